The Bertz CT molecular complexity index is 903. The molecular weight excluding hydrogens is 291 g/mol. The molecule has 4 aromatic rings. The molecule has 0 amide bonds. The number of hydrogen-bond acceptors (Lipinski definition) is 3. The minimum absolute atomic E-state index is 0. The summed E-state index contributed by atoms with van der Waals surface area (Å²) in [7, 11) is 0. The van der Waals surface area contributed by atoms with E-state index >= 15 is 0 Å². The molecule has 0 aliphatic rings. The van der Waals surface area contributed by atoms with Crippen LogP contribution in [0, 0.1) is 6.07 Å². The molecule has 0 aliphatic carbocycles. The van der Waals surface area contributed by atoms with Gasteiger partial charge in [0, 0.05) is 11.1 Å². The zero-order chi connectivity index (χ0) is 15.5. The van der Waals surface area contributed by atoms with Gasteiger partial charge in [-0.2, -0.15) is 30.3 Å². The average Bonchev–Trinajstić information content (AvgIpc) is 3.14. The van der Waals surface area contributed by atoms with Gasteiger partial charge in [-0.15, -0.1) is 15.8 Å². The number of rotatable bonds is 3. The second-order valence-corrected chi connectivity index (χ2v) is 5.14. The van der Waals surface area contributed by atoms with Crippen molar-refractivity contribution in [1.82, 2.24) is 10.2 Å². The van der Waals surface area contributed by atoms with Crippen molar-refractivity contribution in [3.8, 4) is 34.0 Å². The van der Waals surface area contributed by atoms with E-state index in [-0.39, 0.29) is 18.9 Å². The first-order chi connectivity index (χ1) is 11.4. The summed E-state index contributed by atoms with van der Waals surface area (Å²) in [6, 6.07) is 28.8. The minimum atomic E-state index is 0. The fraction of sp³-hybridized carbons (Fsp3) is 0. The third-order valence-electron chi connectivity index (χ3n) is 3.63. The van der Waals surface area contributed by atoms with Crippen LogP contribution in [0.15, 0.2) is 83.3 Å². The molecule has 0 fully saturated rings. The molecule has 110 valence electrons. The molecule has 0 saturated heterocycles. The quantitative estimate of drug-likeness (QED) is 0.428. The van der Waals surface area contributed by atoms with Gasteiger partial charge < -0.3 is 4.42 Å². The Morgan fingerprint density at radius 2 is 1.08 bits per heavy atom. The van der Waals surface area contributed by atoms with Crippen LogP contribution < -0.4 is 18.9 Å². The van der Waals surface area contributed by atoms with Gasteiger partial charge in [-0.25, -0.2) is 0 Å². The maximum Gasteiger partial charge on any atom is 1.00 e. The molecular formula is C20H13LiN2O. The van der Waals surface area contributed by atoms with Gasteiger partial charge in [0.2, 0.25) is 11.8 Å². The van der Waals surface area contributed by atoms with Gasteiger partial charge in [-0.05, 0) is 29.8 Å². The molecule has 0 aliphatic heterocycles. The molecule has 1 heterocycles. The molecule has 24 heavy (non-hydrogen) atoms. The summed E-state index contributed by atoms with van der Waals surface area (Å²) in [5.41, 5.74) is 4.13. The number of nitrogens with zero attached hydrogens (tertiary/aromatic N) is 2. The molecule has 4 heteroatoms. The Hall–Kier alpha value is -2.60. The molecule has 4 rings (SSSR count). The summed E-state index contributed by atoms with van der Waals surface area (Å²) in [6.45, 7) is 0. The number of hydrogen-bond donors (Lipinski definition) is 0. The van der Waals surface area contributed by atoms with Crippen LogP contribution in [0.4, 0.5) is 0 Å². The van der Waals surface area contributed by atoms with E-state index in [9.17, 15) is 0 Å². The average molecular weight is 304 g/mol. The molecule has 0 spiro atoms. The monoisotopic (exact) mass is 304 g/mol. The van der Waals surface area contributed by atoms with Gasteiger partial charge in [0.1, 0.15) is 0 Å². The Morgan fingerprint density at radius 3 is 1.71 bits per heavy atom. The van der Waals surface area contributed by atoms with Crippen LogP contribution >= 0.6 is 0 Å². The van der Waals surface area contributed by atoms with Crippen molar-refractivity contribution in [1.29, 1.82) is 0 Å². The Morgan fingerprint density at radius 1 is 0.583 bits per heavy atom. The summed E-state index contributed by atoms with van der Waals surface area (Å²) in [4.78, 5) is 0. The van der Waals surface area contributed by atoms with Crippen molar-refractivity contribution in [3.63, 3.8) is 0 Å². The van der Waals surface area contributed by atoms with Crippen molar-refractivity contribution >= 4 is 0 Å². The molecule has 0 atom stereocenters. The van der Waals surface area contributed by atoms with Gasteiger partial charge in [0.05, 0.1) is 0 Å². The Kier molecular flexibility index (Phi) is 4.95. The molecule has 3 nitrogen and oxygen atoms in total. The van der Waals surface area contributed by atoms with E-state index in [1.54, 1.807) is 0 Å². The third kappa shape index (κ3) is 3.33. The van der Waals surface area contributed by atoms with E-state index in [0.717, 1.165) is 22.3 Å². The zero-order valence-corrected chi connectivity index (χ0v) is 13.3. The van der Waals surface area contributed by atoms with Crippen molar-refractivity contribution < 1.29 is 23.3 Å². The predicted octanol–water partition coefficient (Wildman–Crippen LogP) is 1.87. The smallest absolute Gasteiger partial charge is 0.416 e. The maximum absolute atomic E-state index is 5.77. The van der Waals surface area contributed by atoms with E-state index in [2.05, 4.69) is 28.4 Å². The van der Waals surface area contributed by atoms with E-state index in [1.165, 1.54) is 0 Å². The van der Waals surface area contributed by atoms with Crippen molar-refractivity contribution in [2.75, 3.05) is 0 Å². The fourth-order valence-electron chi connectivity index (χ4n) is 2.42. The summed E-state index contributed by atoms with van der Waals surface area (Å²) in [5, 5.41) is 8.27. The second kappa shape index (κ2) is 7.31. The molecule has 0 unspecified atom stereocenters. The van der Waals surface area contributed by atoms with Gasteiger partial charge in [0.25, 0.3) is 0 Å². The van der Waals surface area contributed by atoms with Crippen molar-refractivity contribution in [3.05, 3.63) is 84.9 Å². The van der Waals surface area contributed by atoms with Crippen LogP contribution in [0.1, 0.15) is 0 Å². The molecule has 0 saturated carbocycles. The van der Waals surface area contributed by atoms with Crippen LogP contribution in [0.5, 0.6) is 0 Å². The first kappa shape index (κ1) is 16.3. The van der Waals surface area contributed by atoms with Gasteiger partial charge >= 0.3 is 18.9 Å². The normalized spacial score (nSPS) is 10.2. The molecule has 3 aromatic carbocycles. The van der Waals surface area contributed by atoms with Gasteiger partial charge in [-0.3, -0.25) is 0 Å². The SMILES string of the molecule is [Li+].[c-]1ccc(-c2ccc(-c3nnc(-c4ccccc4)o3)cc2)cc1. The van der Waals surface area contributed by atoms with E-state index < -0.39 is 0 Å². The van der Waals surface area contributed by atoms with Gasteiger partial charge in [0.15, 0.2) is 0 Å². The minimum Gasteiger partial charge on any atom is -0.416 e. The summed E-state index contributed by atoms with van der Waals surface area (Å²) in [5.74, 6) is 1.06. The van der Waals surface area contributed by atoms with Crippen molar-refractivity contribution in [2.45, 2.75) is 0 Å². The number of aromatic nitrogens is 2. The topological polar surface area (TPSA) is 38.9 Å². The van der Waals surface area contributed by atoms with E-state index in [1.807, 2.05) is 66.7 Å². The largest absolute Gasteiger partial charge is 1.00 e. The van der Waals surface area contributed by atoms with Gasteiger partial charge in [-0.1, -0.05) is 30.3 Å². The van der Waals surface area contributed by atoms with Crippen LogP contribution in [-0.2, 0) is 0 Å². The fourth-order valence-corrected chi connectivity index (χ4v) is 2.42. The molecule has 1 aromatic heterocycles. The third-order valence-corrected chi connectivity index (χ3v) is 3.63. The first-order valence-corrected chi connectivity index (χ1v) is 7.36. The zero-order valence-electron chi connectivity index (χ0n) is 13.3. The van der Waals surface area contributed by atoms with Crippen LogP contribution in [0.25, 0.3) is 34.0 Å². The molecule has 0 N–H and O–H groups in total. The van der Waals surface area contributed by atoms with E-state index in [4.69, 9.17) is 4.42 Å². The standard InChI is InChI=1S/C20H13N2O.Li/c1-3-7-15(8-4-1)16-11-13-18(14-12-16)20-22-21-19(23-20)17-9-5-2-6-10-17;/h2-14H;/q-1;+1. The Balaban J connectivity index is 0.00000169. The Labute approximate surface area is 152 Å². The molecule has 0 bridgehead atoms. The maximum atomic E-state index is 5.77. The molecule has 0 radical (unpaired) electrons. The van der Waals surface area contributed by atoms with Crippen LogP contribution in [0.2, 0.25) is 0 Å². The second-order valence-electron chi connectivity index (χ2n) is 5.14. The van der Waals surface area contributed by atoms with Crippen LogP contribution in [0.3, 0.4) is 0 Å². The summed E-state index contributed by atoms with van der Waals surface area (Å²) in [6.07, 6.45) is 0. The summed E-state index contributed by atoms with van der Waals surface area (Å²) >= 11 is 0. The van der Waals surface area contributed by atoms with Crippen molar-refractivity contribution in [2.24, 2.45) is 0 Å². The van der Waals surface area contributed by atoms with Crippen LogP contribution in [-0.4, -0.2) is 10.2 Å². The first-order valence-electron chi connectivity index (χ1n) is 7.36. The summed E-state index contributed by atoms with van der Waals surface area (Å²) < 4.78 is 5.77. The predicted molar refractivity (Wildman–Crippen MR) is 89.4 cm³/mol. The number of benzene rings is 3. The van der Waals surface area contributed by atoms with E-state index in [0.29, 0.717) is 11.8 Å².